The molecule has 2 aliphatic rings. The van der Waals surface area contributed by atoms with E-state index in [1.54, 1.807) is 24.3 Å². The molecule has 27 heavy (non-hydrogen) atoms. The molecule has 2 heterocycles. The van der Waals surface area contributed by atoms with Crippen LogP contribution in [0.25, 0.3) is 0 Å². The quantitative estimate of drug-likeness (QED) is 0.531. The number of ether oxygens (including phenoxy) is 1. The number of hydrogen-bond acceptors (Lipinski definition) is 4. The van der Waals surface area contributed by atoms with E-state index in [0.29, 0.717) is 12.3 Å². The second-order valence-electron chi connectivity index (χ2n) is 7.82. The van der Waals surface area contributed by atoms with Gasteiger partial charge in [-0.2, -0.15) is 0 Å². The van der Waals surface area contributed by atoms with Crippen molar-refractivity contribution in [3.8, 4) is 5.75 Å². The van der Waals surface area contributed by atoms with Crippen molar-refractivity contribution in [1.82, 2.24) is 4.90 Å². The average molecular weight is 366 g/mol. The van der Waals surface area contributed by atoms with Gasteiger partial charge in [0.05, 0.1) is 16.9 Å². The van der Waals surface area contributed by atoms with E-state index >= 15 is 0 Å². The van der Waals surface area contributed by atoms with Crippen LogP contribution in [-0.2, 0) is 6.54 Å². The first-order valence-electron chi connectivity index (χ1n) is 9.11. The van der Waals surface area contributed by atoms with Crippen molar-refractivity contribution in [3.63, 3.8) is 0 Å². The van der Waals surface area contributed by atoms with Crippen LogP contribution < -0.4 is 4.74 Å². The second kappa shape index (κ2) is 6.41. The molecule has 0 bridgehead atoms. The maximum atomic E-state index is 11.2. The first-order valence-corrected chi connectivity index (χ1v) is 9.11. The third kappa shape index (κ3) is 2.52. The summed E-state index contributed by atoms with van der Waals surface area (Å²) in [5, 5.41) is 11.2. The molecule has 0 radical (unpaired) electrons. The minimum absolute atomic E-state index is 0.0731. The summed E-state index contributed by atoms with van der Waals surface area (Å²) >= 11 is 0. The fourth-order valence-electron chi connectivity index (χ4n) is 4.65. The van der Waals surface area contributed by atoms with Crippen LogP contribution >= 0.6 is 0 Å². The molecular weight excluding hydrogens is 340 g/mol. The summed E-state index contributed by atoms with van der Waals surface area (Å²) in [6.07, 6.45) is 7.56. The summed E-state index contributed by atoms with van der Waals surface area (Å²) in [6.45, 7) is 16.9. The van der Waals surface area contributed by atoms with Gasteiger partial charge in [-0.3, -0.25) is 10.1 Å². The van der Waals surface area contributed by atoms with E-state index < -0.39 is 5.72 Å². The Morgan fingerprint density at radius 2 is 1.93 bits per heavy atom. The van der Waals surface area contributed by atoms with Crippen molar-refractivity contribution in [2.45, 2.75) is 40.0 Å². The third-order valence-electron chi connectivity index (χ3n) is 5.73. The molecule has 5 heteroatoms. The smallest absolute Gasteiger partial charge is 0.270 e. The molecule has 0 aliphatic carbocycles. The molecule has 5 nitrogen and oxygen atoms in total. The lowest BCUT2D eigenvalue weighted by molar-refractivity contribution is -0.385. The molecule has 3 rings (SSSR count). The Morgan fingerprint density at radius 1 is 1.26 bits per heavy atom. The molecule has 0 spiro atoms. The molecule has 1 fully saturated rings. The first-order chi connectivity index (χ1) is 12.7. The van der Waals surface area contributed by atoms with E-state index in [2.05, 4.69) is 45.8 Å². The van der Waals surface area contributed by atoms with Crippen LogP contribution in [0.2, 0.25) is 0 Å². The van der Waals surface area contributed by atoms with E-state index in [-0.39, 0.29) is 21.9 Å². The Balaban J connectivity index is 2.27. The highest BCUT2D eigenvalue weighted by Crippen LogP contribution is 2.60. The number of rotatable bonds is 4. The van der Waals surface area contributed by atoms with Crippen LogP contribution in [0, 0.1) is 21.4 Å². The van der Waals surface area contributed by atoms with Gasteiger partial charge in [-0.05, 0) is 31.6 Å². The molecule has 1 aromatic rings. The summed E-state index contributed by atoms with van der Waals surface area (Å²) in [5.74, 6) is 0.871. The van der Waals surface area contributed by atoms with Gasteiger partial charge in [0.15, 0.2) is 5.72 Å². The van der Waals surface area contributed by atoms with Gasteiger partial charge in [0.2, 0.25) is 0 Å². The fraction of sp³-hybridized carbons (Fsp3) is 0.364. The van der Waals surface area contributed by atoms with Gasteiger partial charge in [-0.1, -0.05) is 45.2 Å². The lowest BCUT2D eigenvalue weighted by atomic mass is 9.71. The van der Waals surface area contributed by atoms with Crippen molar-refractivity contribution >= 4 is 5.69 Å². The van der Waals surface area contributed by atoms with Crippen LogP contribution in [0.3, 0.4) is 0 Å². The van der Waals surface area contributed by atoms with Crippen LogP contribution in [0.5, 0.6) is 5.75 Å². The Labute approximate surface area is 160 Å². The molecule has 2 aliphatic heterocycles. The summed E-state index contributed by atoms with van der Waals surface area (Å²) in [4.78, 5) is 13.0. The monoisotopic (exact) mass is 366 g/mol. The zero-order valence-corrected chi connectivity index (χ0v) is 16.4. The van der Waals surface area contributed by atoms with E-state index in [4.69, 9.17) is 4.74 Å². The van der Waals surface area contributed by atoms with Crippen LogP contribution in [0.1, 0.15) is 33.3 Å². The molecule has 1 aromatic carbocycles. The highest BCUT2D eigenvalue weighted by Gasteiger charge is 2.63. The largest absolute Gasteiger partial charge is 0.466 e. The number of hydrogen-bond donors (Lipinski definition) is 0. The number of fused-ring (bicyclic) bond motifs is 2. The molecule has 142 valence electrons. The standard InChI is InChI=1S/C22H26N2O3/c1-7-9-18-19(10-8-2)23-14-16-13-17(24(25)26)11-12-20(16)27-22(23,15(3)4)21(18,5)6/h7-13,15H,1-2,14H2,3-6H3/b18-9+,19-10+. The zero-order chi connectivity index (χ0) is 20.0. The molecule has 1 unspecified atom stereocenters. The van der Waals surface area contributed by atoms with E-state index in [0.717, 1.165) is 16.8 Å². The zero-order valence-electron chi connectivity index (χ0n) is 16.4. The highest BCUT2D eigenvalue weighted by molar-refractivity contribution is 5.53. The minimum Gasteiger partial charge on any atom is -0.466 e. The number of benzene rings is 1. The van der Waals surface area contributed by atoms with E-state index in [1.165, 1.54) is 6.07 Å². The molecule has 0 amide bonds. The number of non-ortho nitro benzene ring substituents is 1. The van der Waals surface area contributed by atoms with Crippen molar-refractivity contribution in [1.29, 1.82) is 0 Å². The molecule has 0 N–H and O–H groups in total. The Hall–Kier alpha value is -2.82. The summed E-state index contributed by atoms with van der Waals surface area (Å²) in [7, 11) is 0. The Kier molecular flexibility index (Phi) is 4.50. The van der Waals surface area contributed by atoms with Crippen LogP contribution in [-0.4, -0.2) is 15.5 Å². The highest BCUT2D eigenvalue weighted by atomic mass is 16.6. The number of nitrogens with zero attached hydrogens (tertiary/aromatic N) is 2. The normalized spacial score (nSPS) is 25.9. The summed E-state index contributed by atoms with van der Waals surface area (Å²) in [6, 6.07) is 4.83. The van der Waals surface area contributed by atoms with E-state index in [9.17, 15) is 10.1 Å². The van der Waals surface area contributed by atoms with E-state index in [1.807, 2.05) is 12.2 Å². The van der Waals surface area contributed by atoms with Gasteiger partial charge in [0.25, 0.3) is 5.69 Å². The van der Waals surface area contributed by atoms with Crippen molar-refractivity contribution in [2.24, 2.45) is 11.3 Å². The predicted octanol–water partition coefficient (Wildman–Crippen LogP) is 5.36. The van der Waals surface area contributed by atoms with Gasteiger partial charge in [-0.15, -0.1) is 0 Å². The van der Waals surface area contributed by atoms with Gasteiger partial charge in [-0.25, -0.2) is 0 Å². The van der Waals surface area contributed by atoms with Crippen LogP contribution in [0.4, 0.5) is 5.69 Å². The molecule has 0 aromatic heterocycles. The number of nitro benzene ring substituents is 1. The maximum Gasteiger partial charge on any atom is 0.270 e. The molecule has 1 saturated heterocycles. The lowest BCUT2D eigenvalue weighted by Gasteiger charge is -2.52. The van der Waals surface area contributed by atoms with Crippen molar-refractivity contribution in [3.05, 3.63) is 82.6 Å². The third-order valence-corrected chi connectivity index (χ3v) is 5.73. The summed E-state index contributed by atoms with van der Waals surface area (Å²) < 4.78 is 6.66. The number of allylic oxidation sites excluding steroid dienone is 5. The van der Waals surface area contributed by atoms with Crippen LogP contribution in [0.15, 0.2) is 66.9 Å². The van der Waals surface area contributed by atoms with Gasteiger partial charge in [0.1, 0.15) is 5.75 Å². The fourth-order valence-corrected chi connectivity index (χ4v) is 4.65. The minimum atomic E-state index is -0.611. The van der Waals surface area contributed by atoms with Gasteiger partial charge in [0, 0.05) is 29.3 Å². The second-order valence-corrected chi connectivity index (χ2v) is 7.82. The molecule has 0 saturated carbocycles. The Morgan fingerprint density at radius 3 is 2.48 bits per heavy atom. The van der Waals surface area contributed by atoms with Crippen molar-refractivity contribution < 1.29 is 9.66 Å². The van der Waals surface area contributed by atoms with Crippen molar-refractivity contribution in [2.75, 3.05) is 0 Å². The predicted molar refractivity (Wildman–Crippen MR) is 107 cm³/mol. The first kappa shape index (κ1) is 19.0. The number of nitro groups is 1. The summed E-state index contributed by atoms with van der Waals surface area (Å²) in [5.41, 5.74) is 2.08. The Bertz CT molecular complexity index is 880. The molecule has 1 atom stereocenters. The van der Waals surface area contributed by atoms with Gasteiger partial charge < -0.3 is 9.64 Å². The lowest BCUT2D eigenvalue weighted by Crippen LogP contribution is -2.61. The average Bonchev–Trinajstić information content (AvgIpc) is 2.79. The van der Waals surface area contributed by atoms with Gasteiger partial charge >= 0.3 is 0 Å². The maximum absolute atomic E-state index is 11.2. The molecular formula is C22H26N2O3. The topological polar surface area (TPSA) is 55.6 Å². The SMILES string of the molecule is C=C/C=C1\C(=C/C=C)N2Cc3cc([N+](=O)[O-])ccc3OC2(C(C)C)C1(C)C.